The van der Waals surface area contributed by atoms with Crippen LogP contribution in [0.1, 0.15) is 41.0 Å². The van der Waals surface area contributed by atoms with Crippen molar-refractivity contribution in [1.82, 2.24) is 10.2 Å². The van der Waals surface area contributed by atoms with Crippen molar-refractivity contribution < 1.29 is 0 Å². The van der Waals surface area contributed by atoms with E-state index in [4.69, 9.17) is 0 Å². The van der Waals surface area contributed by atoms with E-state index < -0.39 is 0 Å². The number of thioether (sulfide) groups is 1. The molecule has 0 amide bonds. The minimum Gasteiger partial charge on any atom is -0.311 e. The summed E-state index contributed by atoms with van der Waals surface area (Å²) in [4.78, 5) is 2.70. The lowest BCUT2D eigenvalue weighted by Gasteiger charge is -2.44. The van der Waals surface area contributed by atoms with Crippen LogP contribution in [0.5, 0.6) is 0 Å². The monoisotopic (exact) mass is 258 g/mol. The smallest absolute Gasteiger partial charge is 0.0221 e. The van der Waals surface area contributed by atoms with Gasteiger partial charge < -0.3 is 5.32 Å². The van der Waals surface area contributed by atoms with Crippen molar-refractivity contribution in [3.63, 3.8) is 0 Å². The van der Waals surface area contributed by atoms with Gasteiger partial charge in [0.25, 0.3) is 0 Å². The van der Waals surface area contributed by atoms with Gasteiger partial charge in [0.1, 0.15) is 0 Å². The Bertz CT molecular complexity index is 210. The van der Waals surface area contributed by atoms with Gasteiger partial charge >= 0.3 is 0 Å². The van der Waals surface area contributed by atoms with Gasteiger partial charge in [-0.25, -0.2) is 0 Å². The number of hydrogen-bond donors (Lipinski definition) is 1. The van der Waals surface area contributed by atoms with Crippen LogP contribution in [-0.2, 0) is 0 Å². The van der Waals surface area contributed by atoms with E-state index in [1.807, 2.05) is 0 Å². The summed E-state index contributed by atoms with van der Waals surface area (Å²) in [5, 5.41) is 3.71. The van der Waals surface area contributed by atoms with Crippen molar-refractivity contribution in [2.45, 2.75) is 59.2 Å². The van der Waals surface area contributed by atoms with E-state index in [9.17, 15) is 0 Å². The van der Waals surface area contributed by atoms with Gasteiger partial charge in [-0.1, -0.05) is 27.2 Å². The van der Waals surface area contributed by atoms with Crippen LogP contribution < -0.4 is 5.32 Å². The Kier molecular flexibility index (Phi) is 6.90. The predicted molar refractivity (Wildman–Crippen MR) is 79.9 cm³/mol. The van der Waals surface area contributed by atoms with Crippen LogP contribution in [-0.4, -0.2) is 47.6 Å². The summed E-state index contributed by atoms with van der Waals surface area (Å²) in [7, 11) is 0. The van der Waals surface area contributed by atoms with Crippen LogP contribution >= 0.6 is 11.8 Å². The zero-order valence-corrected chi connectivity index (χ0v) is 13.0. The fraction of sp³-hybridized carbons (Fsp3) is 1.00. The summed E-state index contributed by atoms with van der Waals surface area (Å²) in [6.45, 7) is 14.0. The van der Waals surface area contributed by atoms with Gasteiger partial charge in [-0.05, 0) is 25.5 Å². The van der Waals surface area contributed by atoms with E-state index in [0.717, 1.165) is 12.5 Å². The van der Waals surface area contributed by atoms with E-state index >= 15 is 0 Å². The Morgan fingerprint density at radius 1 is 1.35 bits per heavy atom. The van der Waals surface area contributed by atoms with Crippen LogP contribution in [0, 0.1) is 5.92 Å². The normalized spacial score (nSPS) is 30.2. The average molecular weight is 258 g/mol. The van der Waals surface area contributed by atoms with Crippen LogP contribution in [0.3, 0.4) is 0 Å². The standard InChI is InChI=1S/C14H30N2S/c1-6-11(3)14-9-16(12(4)8-15-14)13(5)10-17-7-2/h11-15H,6-10H2,1-5H3. The van der Waals surface area contributed by atoms with E-state index in [2.05, 4.69) is 56.6 Å². The molecule has 1 rings (SSSR count). The van der Waals surface area contributed by atoms with E-state index in [-0.39, 0.29) is 0 Å². The third-order valence-electron chi connectivity index (χ3n) is 4.11. The zero-order valence-electron chi connectivity index (χ0n) is 12.2. The maximum Gasteiger partial charge on any atom is 0.0221 e. The van der Waals surface area contributed by atoms with Crippen molar-refractivity contribution >= 4 is 11.8 Å². The number of nitrogens with zero attached hydrogens (tertiary/aromatic N) is 1. The molecule has 1 aliphatic heterocycles. The van der Waals surface area contributed by atoms with Crippen molar-refractivity contribution in [2.24, 2.45) is 5.92 Å². The van der Waals surface area contributed by atoms with Crippen LogP contribution in [0.4, 0.5) is 0 Å². The molecule has 0 aromatic rings. The lowest BCUT2D eigenvalue weighted by molar-refractivity contribution is 0.0910. The fourth-order valence-electron chi connectivity index (χ4n) is 2.57. The average Bonchev–Trinajstić information content (AvgIpc) is 2.35. The lowest BCUT2D eigenvalue weighted by atomic mass is 9.95. The molecule has 1 heterocycles. The summed E-state index contributed by atoms with van der Waals surface area (Å²) in [6, 6.07) is 2.08. The molecular weight excluding hydrogens is 228 g/mol. The highest BCUT2D eigenvalue weighted by Gasteiger charge is 2.30. The first-order valence-corrected chi connectivity index (χ1v) is 8.32. The molecule has 4 atom stereocenters. The van der Waals surface area contributed by atoms with Gasteiger partial charge in [-0.2, -0.15) is 11.8 Å². The van der Waals surface area contributed by atoms with Crippen molar-refractivity contribution in [1.29, 1.82) is 0 Å². The quantitative estimate of drug-likeness (QED) is 0.789. The summed E-state index contributed by atoms with van der Waals surface area (Å²) in [6.07, 6.45) is 1.28. The number of piperazine rings is 1. The predicted octanol–water partition coefficient (Wildman–Crippen LogP) is 2.84. The van der Waals surface area contributed by atoms with Crippen LogP contribution in [0.15, 0.2) is 0 Å². The Morgan fingerprint density at radius 2 is 2.06 bits per heavy atom. The maximum absolute atomic E-state index is 3.71. The molecule has 0 aliphatic carbocycles. The van der Waals surface area contributed by atoms with Crippen LogP contribution in [0.25, 0.3) is 0 Å². The van der Waals surface area contributed by atoms with Gasteiger partial charge in [0.15, 0.2) is 0 Å². The van der Waals surface area contributed by atoms with E-state index in [1.54, 1.807) is 0 Å². The summed E-state index contributed by atoms with van der Waals surface area (Å²) in [5.74, 6) is 3.30. The third-order valence-corrected chi connectivity index (χ3v) is 5.24. The molecule has 0 bridgehead atoms. The third kappa shape index (κ3) is 4.46. The molecule has 0 spiro atoms. The van der Waals surface area contributed by atoms with Crippen molar-refractivity contribution in [3.8, 4) is 0 Å². The van der Waals surface area contributed by atoms with Gasteiger partial charge in [0, 0.05) is 37.0 Å². The molecule has 1 N–H and O–H groups in total. The second-order valence-electron chi connectivity index (χ2n) is 5.45. The van der Waals surface area contributed by atoms with Gasteiger partial charge in [-0.3, -0.25) is 4.90 Å². The molecule has 2 nitrogen and oxygen atoms in total. The highest BCUT2D eigenvalue weighted by atomic mass is 32.2. The molecule has 0 radical (unpaired) electrons. The molecule has 1 aliphatic rings. The minimum absolute atomic E-state index is 0.683. The molecule has 0 aromatic carbocycles. The largest absolute Gasteiger partial charge is 0.311 e. The highest BCUT2D eigenvalue weighted by Crippen LogP contribution is 2.19. The first-order chi connectivity index (χ1) is 8.10. The summed E-state index contributed by atoms with van der Waals surface area (Å²) in [5.41, 5.74) is 0. The second kappa shape index (κ2) is 7.65. The SMILES string of the molecule is CCSCC(C)N1CC(C(C)CC)NCC1C. The molecule has 102 valence electrons. The number of nitrogens with one attached hydrogen (secondary N) is 1. The van der Waals surface area contributed by atoms with Crippen LogP contribution in [0.2, 0.25) is 0 Å². The fourth-order valence-corrected chi connectivity index (χ4v) is 3.34. The first kappa shape index (κ1) is 15.3. The molecule has 0 saturated carbocycles. The maximum atomic E-state index is 3.71. The topological polar surface area (TPSA) is 15.3 Å². The lowest BCUT2D eigenvalue weighted by Crippen LogP contribution is -2.60. The first-order valence-electron chi connectivity index (χ1n) is 7.16. The molecule has 3 heteroatoms. The van der Waals surface area contributed by atoms with Gasteiger partial charge in [0.2, 0.25) is 0 Å². The summed E-state index contributed by atoms with van der Waals surface area (Å²) < 4.78 is 0. The Labute approximate surface area is 112 Å². The Hall–Kier alpha value is 0.270. The molecule has 1 saturated heterocycles. The van der Waals surface area contributed by atoms with Gasteiger partial charge in [0.05, 0.1) is 0 Å². The molecule has 0 aromatic heterocycles. The number of hydrogen-bond acceptors (Lipinski definition) is 3. The Balaban J connectivity index is 2.50. The number of rotatable bonds is 6. The Morgan fingerprint density at radius 3 is 2.65 bits per heavy atom. The van der Waals surface area contributed by atoms with Crippen molar-refractivity contribution in [2.75, 3.05) is 24.6 Å². The minimum atomic E-state index is 0.683. The molecule has 4 unspecified atom stereocenters. The highest BCUT2D eigenvalue weighted by molar-refractivity contribution is 7.99. The molecular formula is C14H30N2S. The second-order valence-corrected chi connectivity index (χ2v) is 6.77. The summed E-state index contributed by atoms with van der Waals surface area (Å²) >= 11 is 2.07. The van der Waals surface area contributed by atoms with Gasteiger partial charge in [-0.15, -0.1) is 0 Å². The van der Waals surface area contributed by atoms with Crippen molar-refractivity contribution in [3.05, 3.63) is 0 Å². The zero-order chi connectivity index (χ0) is 12.8. The van der Waals surface area contributed by atoms with E-state index in [1.165, 1.54) is 24.5 Å². The molecule has 1 fully saturated rings. The van der Waals surface area contributed by atoms with E-state index in [0.29, 0.717) is 18.1 Å². The molecule has 17 heavy (non-hydrogen) atoms.